The van der Waals surface area contributed by atoms with Crippen LogP contribution in [0.25, 0.3) is 0 Å². The van der Waals surface area contributed by atoms with Gasteiger partial charge in [-0.3, -0.25) is 10.0 Å². The SMILES string of the molecule is Cl.NC1CCN(N2C=C(Br)C=NC2)C1. The van der Waals surface area contributed by atoms with Crippen molar-refractivity contribution >= 4 is 34.6 Å². The molecule has 1 unspecified atom stereocenters. The van der Waals surface area contributed by atoms with Gasteiger partial charge in [-0.25, -0.2) is 5.01 Å². The van der Waals surface area contributed by atoms with Crippen LogP contribution in [0.1, 0.15) is 6.42 Å². The molecule has 0 aromatic heterocycles. The molecule has 2 rings (SSSR count). The highest BCUT2D eigenvalue weighted by Gasteiger charge is 2.23. The van der Waals surface area contributed by atoms with Crippen molar-refractivity contribution in [1.82, 2.24) is 10.0 Å². The van der Waals surface area contributed by atoms with Crippen molar-refractivity contribution in [1.29, 1.82) is 0 Å². The van der Waals surface area contributed by atoms with E-state index < -0.39 is 0 Å². The monoisotopic (exact) mass is 280 g/mol. The lowest BCUT2D eigenvalue weighted by molar-refractivity contribution is 0.0493. The van der Waals surface area contributed by atoms with Gasteiger partial charge >= 0.3 is 0 Å². The summed E-state index contributed by atoms with van der Waals surface area (Å²) in [6.07, 6.45) is 4.95. The zero-order chi connectivity index (χ0) is 9.26. The van der Waals surface area contributed by atoms with E-state index in [1.807, 2.05) is 12.4 Å². The Hall–Kier alpha value is -0.100. The minimum atomic E-state index is 0. The summed E-state index contributed by atoms with van der Waals surface area (Å²) >= 11 is 3.40. The molecule has 1 fully saturated rings. The van der Waals surface area contributed by atoms with E-state index in [-0.39, 0.29) is 12.4 Å². The van der Waals surface area contributed by atoms with Crippen LogP contribution in [-0.4, -0.2) is 42.0 Å². The van der Waals surface area contributed by atoms with Gasteiger partial charge in [-0.05, 0) is 22.4 Å². The molecule has 2 aliphatic rings. The van der Waals surface area contributed by atoms with Gasteiger partial charge in [-0.2, -0.15) is 0 Å². The number of aliphatic imine (C=N–C) groups is 1. The van der Waals surface area contributed by atoms with Gasteiger partial charge in [-0.15, -0.1) is 12.4 Å². The molecule has 14 heavy (non-hydrogen) atoms. The summed E-state index contributed by atoms with van der Waals surface area (Å²) in [5, 5.41) is 4.35. The van der Waals surface area contributed by atoms with Crippen LogP contribution in [-0.2, 0) is 0 Å². The van der Waals surface area contributed by atoms with Crippen molar-refractivity contribution < 1.29 is 0 Å². The Morgan fingerprint density at radius 1 is 1.57 bits per heavy atom. The maximum absolute atomic E-state index is 5.83. The third-order valence-corrected chi connectivity index (χ3v) is 2.69. The molecule has 80 valence electrons. The summed E-state index contributed by atoms with van der Waals surface area (Å²) in [6, 6.07) is 0.318. The Morgan fingerprint density at radius 2 is 2.36 bits per heavy atom. The quantitative estimate of drug-likeness (QED) is 0.778. The minimum absolute atomic E-state index is 0. The number of nitrogens with two attached hydrogens (primary N) is 1. The first-order valence-electron chi connectivity index (χ1n) is 4.40. The van der Waals surface area contributed by atoms with Crippen LogP contribution in [0.15, 0.2) is 15.7 Å². The van der Waals surface area contributed by atoms with Crippen LogP contribution in [0, 0.1) is 0 Å². The molecule has 0 amide bonds. The molecule has 6 heteroatoms. The largest absolute Gasteiger partial charge is 0.326 e. The lowest BCUT2D eigenvalue weighted by atomic mass is 10.3. The minimum Gasteiger partial charge on any atom is -0.326 e. The van der Waals surface area contributed by atoms with Gasteiger partial charge in [0.15, 0.2) is 0 Å². The van der Waals surface area contributed by atoms with E-state index in [9.17, 15) is 0 Å². The van der Waals surface area contributed by atoms with Crippen LogP contribution in [0.3, 0.4) is 0 Å². The van der Waals surface area contributed by atoms with E-state index in [1.54, 1.807) is 0 Å². The highest BCUT2D eigenvalue weighted by molar-refractivity contribution is 9.12. The van der Waals surface area contributed by atoms with Gasteiger partial charge in [-0.1, -0.05) is 0 Å². The van der Waals surface area contributed by atoms with E-state index in [2.05, 4.69) is 30.9 Å². The van der Waals surface area contributed by atoms with Crippen LogP contribution < -0.4 is 5.73 Å². The third kappa shape index (κ3) is 2.70. The molecule has 0 aliphatic carbocycles. The summed E-state index contributed by atoms with van der Waals surface area (Å²) in [5.74, 6) is 0. The van der Waals surface area contributed by atoms with Gasteiger partial charge in [0.2, 0.25) is 0 Å². The smallest absolute Gasteiger partial charge is 0.124 e. The molecule has 4 nitrogen and oxygen atoms in total. The Labute approximate surface area is 98.3 Å². The molecule has 0 radical (unpaired) electrons. The number of allylic oxidation sites excluding steroid dienone is 1. The molecule has 2 heterocycles. The highest BCUT2D eigenvalue weighted by Crippen LogP contribution is 2.16. The van der Waals surface area contributed by atoms with Crippen molar-refractivity contribution in [2.75, 3.05) is 19.8 Å². The van der Waals surface area contributed by atoms with Gasteiger partial charge < -0.3 is 5.73 Å². The number of hydrazine groups is 1. The molecule has 0 bridgehead atoms. The number of halogens is 2. The highest BCUT2D eigenvalue weighted by atomic mass is 79.9. The van der Waals surface area contributed by atoms with Crippen molar-refractivity contribution in [3.05, 3.63) is 10.7 Å². The van der Waals surface area contributed by atoms with Gasteiger partial charge in [0.1, 0.15) is 6.67 Å². The topological polar surface area (TPSA) is 44.9 Å². The lowest BCUT2D eigenvalue weighted by Gasteiger charge is -2.30. The predicted octanol–water partition coefficient (Wildman–Crippen LogP) is 0.936. The number of rotatable bonds is 1. The van der Waals surface area contributed by atoms with E-state index in [4.69, 9.17) is 5.73 Å². The molecular weight excluding hydrogens is 267 g/mol. The Morgan fingerprint density at radius 3 is 2.93 bits per heavy atom. The second kappa shape index (κ2) is 5.11. The summed E-state index contributed by atoms with van der Waals surface area (Å²) in [7, 11) is 0. The van der Waals surface area contributed by atoms with E-state index >= 15 is 0 Å². The first-order valence-corrected chi connectivity index (χ1v) is 5.19. The molecule has 1 atom stereocenters. The van der Waals surface area contributed by atoms with Crippen LogP contribution >= 0.6 is 28.3 Å². The standard InChI is InChI=1S/C8H13BrN4.ClH/c9-7-3-11-6-13(4-7)12-2-1-8(10)5-12;/h3-4,8H,1-2,5-6,10H2;1H. The summed E-state index contributed by atoms with van der Waals surface area (Å²) in [5.41, 5.74) is 5.83. The number of nitrogens with zero attached hydrogens (tertiary/aromatic N) is 3. The normalized spacial score (nSPS) is 27.4. The fraction of sp³-hybridized carbons (Fsp3) is 0.625. The Kier molecular flexibility index (Phi) is 4.37. The molecule has 2 aliphatic heterocycles. The Bertz CT molecular complexity index is 256. The second-order valence-electron chi connectivity index (χ2n) is 3.37. The fourth-order valence-electron chi connectivity index (χ4n) is 1.60. The van der Waals surface area contributed by atoms with Crippen LogP contribution in [0.5, 0.6) is 0 Å². The number of hydrogen-bond acceptors (Lipinski definition) is 4. The first-order chi connectivity index (χ1) is 6.25. The van der Waals surface area contributed by atoms with Crippen molar-refractivity contribution in [3.63, 3.8) is 0 Å². The Balaban J connectivity index is 0.000000980. The summed E-state index contributed by atoms with van der Waals surface area (Å²) < 4.78 is 1.01. The predicted molar refractivity (Wildman–Crippen MR) is 63.6 cm³/mol. The molecular formula is C8H14BrClN4. The van der Waals surface area contributed by atoms with Gasteiger partial charge in [0, 0.05) is 31.5 Å². The van der Waals surface area contributed by atoms with Gasteiger partial charge in [0.25, 0.3) is 0 Å². The van der Waals surface area contributed by atoms with Crippen molar-refractivity contribution in [3.8, 4) is 0 Å². The van der Waals surface area contributed by atoms with Crippen LogP contribution in [0.4, 0.5) is 0 Å². The molecule has 2 N–H and O–H groups in total. The van der Waals surface area contributed by atoms with Crippen LogP contribution in [0.2, 0.25) is 0 Å². The molecule has 0 saturated carbocycles. The average molecular weight is 282 g/mol. The third-order valence-electron chi connectivity index (χ3n) is 2.28. The first kappa shape index (κ1) is 12.0. The molecule has 0 spiro atoms. The maximum Gasteiger partial charge on any atom is 0.124 e. The van der Waals surface area contributed by atoms with E-state index in [1.165, 1.54) is 0 Å². The van der Waals surface area contributed by atoms with E-state index in [0.29, 0.717) is 12.7 Å². The van der Waals surface area contributed by atoms with Crippen molar-refractivity contribution in [2.24, 2.45) is 10.7 Å². The zero-order valence-corrected chi connectivity index (χ0v) is 10.2. The number of hydrogen-bond donors (Lipinski definition) is 1. The molecule has 0 aromatic rings. The average Bonchev–Trinajstić information content (AvgIpc) is 2.52. The second-order valence-corrected chi connectivity index (χ2v) is 4.28. The van der Waals surface area contributed by atoms with Crippen molar-refractivity contribution in [2.45, 2.75) is 12.5 Å². The summed E-state index contributed by atoms with van der Waals surface area (Å²) in [6.45, 7) is 2.68. The fourth-order valence-corrected chi connectivity index (χ4v) is 1.98. The maximum atomic E-state index is 5.83. The molecule has 0 aromatic carbocycles. The van der Waals surface area contributed by atoms with Gasteiger partial charge in [0.05, 0.1) is 4.48 Å². The van der Waals surface area contributed by atoms with E-state index in [0.717, 1.165) is 24.0 Å². The molecule has 1 saturated heterocycles. The summed E-state index contributed by atoms with van der Waals surface area (Å²) in [4.78, 5) is 4.21. The zero-order valence-electron chi connectivity index (χ0n) is 7.77. The lowest BCUT2D eigenvalue weighted by Crippen LogP contribution is -2.40.